The first kappa shape index (κ1) is 104. The molecule has 0 unspecified atom stereocenters. The van der Waals surface area contributed by atoms with Crippen LogP contribution in [0.3, 0.4) is 0 Å². The van der Waals surface area contributed by atoms with Gasteiger partial charge in [-0.15, -0.1) is 79.4 Å². The molecule has 21 rings (SSSR count). The highest BCUT2D eigenvalue weighted by molar-refractivity contribution is 7.20. The molecule has 0 aliphatic carbocycles. The smallest absolute Gasteiger partial charge is 0.133 e. The van der Waals surface area contributed by atoms with Crippen LogP contribution in [0, 0.1) is 148 Å². The maximum Gasteiger partial charge on any atom is 0.133 e. The van der Waals surface area contributed by atoms with E-state index in [-0.39, 0.29) is 58.2 Å². The van der Waals surface area contributed by atoms with Crippen LogP contribution in [0.5, 0.6) is 5.75 Å². The lowest BCUT2D eigenvalue weighted by atomic mass is 10.1. The number of para-hydroxylation sites is 1. The van der Waals surface area contributed by atoms with Crippen LogP contribution in [0.15, 0.2) is 322 Å². The molecule has 0 saturated heterocycles. The molecule has 7 heterocycles. The van der Waals surface area contributed by atoms with Crippen LogP contribution in [-0.2, 0) is 0 Å². The topological polar surface area (TPSA) is 99.5 Å². The quantitative estimate of drug-likeness (QED) is 0.0936. The lowest BCUT2D eigenvalue weighted by Gasteiger charge is -2.04. The third-order valence-corrected chi connectivity index (χ3v) is 31.5. The van der Waals surface area contributed by atoms with Crippen molar-refractivity contribution >= 4 is 79.4 Å². The van der Waals surface area contributed by atoms with Crippen LogP contribution in [0.25, 0.3) is 147 Å². The maximum absolute atomic E-state index is 14.0. The summed E-state index contributed by atoms with van der Waals surface area (Å²) in [7, 11) is 1.65. The maximum atomic E-state index is 14.0. The molecule has 0 radical (unpaired) electrons. The number of hydrogen-bond acceptors (Lipinski definition) is 15. The van der Waals surface area contributed by atoms with Crippen molar-refractivity contribution in [3.8, 4) is 153 Å². The Morgan fingerprint density at radius 2 is 0.451 bits per heavy atom. The Labute approximate surface area is 859 Å². The van der Waals surface area contributed by atoms with Gasteiger partial charge in [0, 0.05) is 33.4 Å². The van der Waals surface area contributed by atoms with E-state index in [0.29, 0.717) is 16.1 Å². The van der Waals surface area contributed by atoms with E-state index >= 15 is 0 Å². The molecule has 0 spiro atoms. The van der Waals surface area contributed by atoms with E-state index in [2.05, 4.69) is 110 Å². The second-order valence-electron chi connectivity index (χ2n) is 33.7. The Morgan fingerprint density at radius 3 is 0.792 bits per heavy atom. The number of rotatable bonds is 15. The molecule has 0 bridgehead atoms. The van der Waals surface area contributed by atoms with Gasteiger partial charge in [-0.1, -0.05) is 181 Å². The summed E-state index contributed by atoms with van der Waals surface area (Å²) >= 11 is 11.0. The number of thiazole rings is 7. The molecule has 14 aromatic carbocycles. The fourth-order valence-corrected chi connectivity index (χ4v) is 23.0. The summed E-state index contributed by atoms with van der Waals surface area (Å²) in [6.45, 7) is 25.4. The Hall–Kier alpha value is -14.4. The van der Waals surface area contributed by atoms with Crippen molar-refractivity contribution in [3.05, 3.63) is 453 Å². The molecule has 0 aliphatic rings. The lowest BCUT2D eigenvalue weighted by molar-refractivity contribution is 0.416. The van der Waals surface area contributed by atoms with Crippen molar-refractivity contribution < 1.29 is 48.6 Å². The highest BCUT2D eigenvalue weighted by Gasteiger charge is 2.22. The van der Waals surface area contributed by atoms with Crippen molar-refractivity contribution in [2.45, 2.75) is 90.0 Å². The summed E-state index contributed by atoms with van der Waals surface area (Å²) in [5, 5.41) is 6.26. The van der Waals surface area contributed by atoms with Gasteiger partial charge in [-0.25, -0.2) is 78.8 Å². The Kier molecular flexibility index (Phi) is 34.4. The molecule has 0 saturated carbocycles. The van der Waals surface area contributed by atoms with Gasteiger partial charge >= 0.3 is 0 Å². The first-order valence-corrected chi connectivity index (χ1v) is 51.2. The van der Waals surface area contributed by atoms with Gasteiger partial charge in [0.05, 0.1) is 86.7 Å². The first-order chi connectivity index (χ1) is 69.2. The molecule has 0 aliphatic heterocycles. The monoisotopic (exact) mass is 2050 g/mol. The van der Waals surface area contributed by atoms with E-state index in [0.717, 1.165) is 193 Å². The summed E-state index contributed by atoms with van der Waals surface area (Å²) < 4.78 is 137. The number of benzene rings is 14. The minimum absolute atomic E-state index is 0.213. The van der Waals surface area contributed by atoms with Crippen molar-refractivity contribution in [3.63, 3.8) is 0 Å². The van der Waals surface area contributed by atoms with E-state index in [1.165, 1.54) is 160 Å². The highest BCUT2D eigenvalue weighted by Crippen LogP contribution is 2.45. The second kappa shape index (κ2) is 47.7. The predicted octanol–water partition coefficient (Wildman–Crippen LogP) is 36.7. The molecule has 724 valence electrons. The van der Waals surface area contributed by atoms with Crippen molar-refractivity contribution in [2.24, 2.45) is 0 Å². The fourth-order valence-electron chi connectivity index (χ4n) is 15.2. The van der Waals surface area contributed by atoms with Crippen molar-refractivity contribution in [2.75, 3.05) is 7.11 Å². The Balaban J connectivity index is 0.000000126. The zero-order valence-electron chi connectivity index (χ0n) is 80.8. The standard InChI is InChI=1S/3C17H13F2NS.C17H14FNOS.3C17H14FNS/c1-10-3-8-14(15(19)9-10)17-20-11(2)16(21-17)12-4-6-13(18)7-5-12;1-10-9-13(5-8-15(10)19)17-20-11(2)16(21-17)12-3-6-14(18)7-4-12;1-10-9-14(19)7-8-15(10)17-20-11(2)16(21-17)12-3-5-13(18)6-4-12;1-11-16(12-7-9-13(18)10-8-12)21-17(19-11)14-5-3-4-6-15(14)20-2;1-11-3-5-14(6-4-11)17-19-12(2)16(20-17)13-7-9-15(18)10-8-13;1-11-4-3-5-14(10-11)17-19-12(2)16(20-17)13-6-8-15(18)9-7-13;1-11-5-3-4-6-15(11)17-19-12(2)16(20-17)13-7-9-14(18)10-8-13/h3*3-9H,1-2H3;3-10H,1-2H3;3*3-10H,1-2H3. The minimum atomic E-state index is -0.272. The summed E-state index contributed by atoms with van der Waals surface area (Å²) in [5.41, 5.74) is 26.0. The van der Waals surface area contributed by atoms with Gasteiger partial charge < -0.3 is 4.74 Å². The molecular weight excluding hydrogens is 1960 g/mol. The summed E-state index contributed by atoms with van der Waals surface area (Å²) in [4.78, 5) is 39.5. The Bertz CT molecular complexity index is 7850. The number of ether oxygens (including phenoxy) is 1. The normalized spacial score (nSPS) is 10.8. The second-order valence-corrected chi connectivity index (χ2v) is 40.7. The van der Waals surface area contributed by atoms with E-state index in [9.17, 15) is 43.9 Å². The van der Waals surface area contributed by atoms with Crippen molar-refractivity contribution in [1.29, 1.82) is 0 Å². The van der Waals surface area contributed by atoms with Crippen LogP contribution in [0.1, 0.15) is 73.2 Å². The predicted molar refractivity (Wildman–Crippen MR) is 579 cm³/mol. The molecule has 0 atom stereocenters. The van der Waals surface area contributed by atoms with E-state index in [1.54, 1.807) is 169 Å². The van der Waals surface area contributed by atoms with E-state index in [4.69, 9.17) is 4.74 Å². The molecule has 0 amide bonds. The molecule has 144 heavy (non-hydrogen) atoms. The van der Waals surface area contributed by atoms with Crippen LogP contribution in [0.2, 0.25) is 0 Å². The largest absolute Gasteiger partial charge is 0.496 e. The average Bonchev–Trinajstić information content (AvgIpc) is 1.68. The number of methoxy groups -OCH3 is 1. The summed E-state index contributed by atoms with van der Waals surface area (Å²) in [6, 6.07) is 92.7. The molecular formula is C119H95F10N7OS7. The van der Waals surface area contributed by atoms with Crippen LogP contribution in [-0.4, -0.2) is 42.0 Å². The van der Waals surface area contributed by atoms with Gasteiger partial charge in [-0.3, -0.25) is 0 Å². The van der Waals surface area contributed by atoms with Crippen molar-refractivity contribution in [1.82, 2.24) is 34.9 Å². The van der Waals surface area contributed by atoms with Gasteiger partial charge in [0.2, 0.25) is 0 Å². The number of nitrogens with zero attached hydrogens (tertiary/aromatic N) is 7. The lowest BCUT2D eigenvalue weighted by Crippen LogP contribution is -1.86. The van der Waals surface area contributed by atoms with E-state index in [1.807, 2.05) is 111 Å². The highest BCUT2D eigenvalue weighted by atomic mass is 32.1. The van der Waals surface area contributed by atoms with Gasteiger partial charge in [-0.05, 0) is 303 Å². The Morgan fingerprint density at radius 1 is 0.181 bits per heavy atom. The van der Waals surface area contributed by atoms with E-state index < -0.39 is 0 Å². The third kappa shape index (κ3) is 26.3. The van der Waals surface area contributed by atoms with Gasteiger partial charge in [-0.2, -0.15) is 0 Å². The zero-order chi connectivity index (χ0) is 102. The van der Waals surface area contributed by atoms with Crippen LogP contribution >= 0.6 is 79.4 Å². The number of hydrogen-bond donors (Lipinski definition) is 0. The number of halogens is 10. The summed E-state index contributed by atoms with van der Waals surface area (Å²) in [6.07, 6.45) is 0. The number of aryl methyl sites for hydroxylation is 13. The first-order valence-electron chi connectivity index (χ1n) is 45.5. The van der Waals surface area contributed by atoms with Gasteiger partial charge in [0.25, 0.3) is 0 Å². The molecule has 7 aromatic heterocycles. The van der Waals surface area contributed by atoms with Crippen LogP contribution in [0.4, 0.5) is 43.9 Å². The summed E-state index contributed by atoms with van der Waals surface area (Å²) in [5.74, 6) is -1.58. The molecule has 8 nitrogen and oxygen atoms in total. The molecule has 25 heteroatoms. The third-order valence-electron chi connectivity index (χ3n) is 22.8. The van der Waals surface area contributed by atoms with Gasteiger partial charge in [0.1, 0.15) is 99.0 Å². The average molecular weight is 2050 g/mol. The van der Waals surface area contributed by atoms with Crippen LogP contribution < -0.4 is 4.74 Å². The zero-order valence-corrected chi connectivity index (χ0v) is 86.5. The number of aromatic nitrogens is 7. The molecule has 0 N–H and O–H groups in total. The van der Waals surface area contributed by atoms with Gasteiger partial charge in [0.15, 0.2) is 0 Å². The molecule has 21 aromatic rings. The fraction of sp³-hybridized carbons (Fsp3) is 0.118. The molecule has 0 fully saturated rings. The SMILES string of the molecule is COc1ccccc1-c1nc(C)c(-c2ccc(F)cc2)s1.Cc1cc(-c2nc(C)c(-c3ccc(F)cc3)s2)ccc1F.Cc1cc(F)ccc1-c1nc(C)c(-c2ccc(F)cc2)s1.Cc1ccc(-c2nc(C)c(-c3ccc(F)cc3)s2)c(F)c1.Cc1ccc(-c2nc(C)c(-c3ccc(F)cc3)s2)cc1.Cc1cccc(-c2nc(C)c(-c3ccc(F)cc3)s2)c1.Cc1ccccc1-c1nc(C)c(-c2ccc(F)cc2)s1. The minimum Gasteiger partial charge on any atom is -0.496 e.